The van der Waals surface area contributed by atoms with Gasteiger partial charge < -0.3 is 10.4 Å². The third-order valence-electron chi connectivity index (χ3n) is 2.13. The van der Waals surface area contributed by atoms with E-state index in [1.165, 1.54) is 0 Å². The van der Waals surface area contributed by atoms with E-state index in [0.29, 0.717) is 6.04 Å². The Morgan fingerprint density at radius 2 is 2.33 bits per heavy atom. The normalized spacial score (nSPS) is 43.7. The molecule has 0 saturated heterocycles. The van der Waals surface area contributed by atoms with Gasteiger partial charge in [-0.3, -0.25) is 0 Å². The maximum atomic E-state index is 9.46. The molecule has 0 aromatic rings. The Bertz CT molecular complexity index is 101. The van der Waals surface area contributed by atoms with Crippen molar-refractivity contribution in [1.29, 1.82) is 0 Å². The molecule has 2 heteroatoms. The molecule has 1 rings (SSSR count). The van der Waals surface area contributed by atoms with Crippen molar-refractivity contribution < 1.29 is 5.11 Å². The lowest BCUT2D eigenvalue weighted by atomic mass is 10.1. The van der Waals surface area contributed by atoms with E-state index in [4.69, 9.17) is 0 Å². The van der Waals surface area contributed by atoms with Crippen LogP contribution >= 0.6 is 0 Å². The third kappa shape index (κ3) is 1.66. The van der Waals surface area contributed by atoms with Crippen LogP contribution in [0.1, 0.15) is 26.2 Å². The number of nitrogens with one attached hydrogen (secondary N) is 1. The topological polar surface area (TPSA) is 32.3 Å². The molecule has 0 amide bonds. The Morgan fingerprint density at radius 1 is 1.67 bits per heavy atom. The average molecular weight is 129 g/mol. The van der Waals surface area contributed by atoms with Gasteiger partial charge in [-0.05, 0) is 33.2 Å². The summed E-state index contributed by atoms with van der Waals surface area (Å²) in [6.07, 6.45) is 2.96. The first-order valence-electron chi connectivity index (χ1n) is 3.54. The van der Waals surface area contributed by atoms with Crippen LogP contribution in [0.5, 0.6) is 0 Å². The zero-order valence-corrected chi connectivity index (χ0v) is 6.15. The first kappa shape index (κ1) is 7.03. The van der Waals surface area contributed by atoms with Gasteiger partial charge >= 0.3 is 0 Å². The van der Waals surface area contributed by atoms with Gasteiger partial charge in [0.2, 0.25) is 0 Å². The Morgan fingerprint density at radius 3 is 2.56 bits per heavy atom. The van der Waals surface area contributed by atoms with Crippen LogP contribution in [0.4, 0.5) is 0 Å². The molecule has 0 aliphatic heterocycles. The molecule has 1 fully saturated rings. The highest BCUT2D eigenvalue weighted by Gasteiger charge is 2.31. The van der Waals surface area contributed by atoms with Crippen molar-refractivity contribution in [2.45, 2.75) is 37.8 Å². The van der Waals surface area contributed by atoms with Crippen molar-refractivity contribution in [3.63, 3.8) is 0 Å². The van der Waals surface area contributed by atoms with E-state index < -0.39 is 5.60 Å². The highest BCUT2D eigenvalue weighted by molar-refractivity contribution is 4.88. The molecule has 0 heterocycles. The van der Waals surface area contributed by atoms with E-state index in [1.54, 1.807) is 0 Å². The van der Waals surface area contributed by atoms with Gasteiger partial charge in [0.1, 0.15) is 0 Å². The molecule has 1 unspecified atom stereocenters. The van der Waals surface area contributed by atoms with Crippen molar-refractivity contribution in [2.24, 2.45) is 0 Å². The van der Waals surface area contributed by atoms with Crippen molar-refractivity contribution in [3.8, 4) is 0 Å². The van der Waals surface area contributed by atoms with Gasteiger partial charge in [0.15, 0.2) is 0 Å². The summed E-state index contributed by atoms with van der Waals surface area (Å²) in [7, 11) is 1.95. The summed E-state index contributed by atoms with van der Waals surface area (Å²) in [6.45, 7) is 1.91. The molecule has 0 radical (unpaired) electrons. The Balaban J connectivity index is 2.38. The van der Waals surface area contributed by atoms with E-state index >= 15 is 0 Å². The van der Waals surface area contributed by atoms with E-state index in [-0.39, 0.29) is 0 Å². The van der Waals surface area contributed by atoms with Crippen LogP contribution < -0.4 is 5.32 Å². The minimum absolute atomic E-state index is 0.395. The zero-order chi connectivity index (χ0) is 6.91. The second-order valence-electron chi connectivity index (χ2n) is 3.23. The lowest BCUT2D eigenvalue weighted by Crippen LogP contribution is -2.26. The summed E-state index contributed by atoms with van der Waals surface area (Å²) in [4.78, 5) is 0. The summed E-state index contributed by atoms with van der Waals surface area (Å²) < 4.78 is 0. The first-order chi connectivity index (χ1) is 4.14. The minimum atomic E-state index is -0.395. The second-order valence-corrected chi connectivity index (χ2v) is 3.23. The molecule has 1 aliphatic rings. The third-order valence-corrected chi connectivity index (χ3v) is 2.13. The van der Waals surface area contributed by atoms with Crippen LogP contribution in [0.25, 0.3) is 0 Å². The van der Waals surface area contributed by atoms with E-state index in [9.17, 15) is 5.11 Å². The largest absolute Gasteiger partial charge is 0.390 e. The van der Waals surface area contributed by atoms with Gasteiger partial charge in [-0.1, -0.05) is 0 Å². The molecule has 0 aromatic carbocycles. The molecule has 54 valence electrons. The highest BCUT2D eigenvalue weighted by atomic mass is 16.3. The van der Waals surface area contributed by atoms with Gasteiger partial charge in [-0.25, -0.2) is 0 Å². The monoisotopic (exact) mass is 129 g/mol. The van der Waals surface area contributed by atoms with Crippen LogP contribution in [0, 0.1) is 0 Å². The maximum Gasteiger partial charge on any atom is 0.0635 e. The predicted molar refractivity (Wildman–Crippen MR) is 37.3 cm³/mol. The van der Waals surface area contributed by atoms with Crippen molar-refractivity contribution in [2.75, 3.05) is 7.05 Å². The van der Waals surface area contributed by atoms with Crippen LogP contribution in [-0.4, -0.2) is 23.8 Å². The average Bonchev–Trinajstić information content (AvgIpc) is 2.10. The molecule has 0 spiro atoms. The predicted octanol–water partition coefficient (Wildman–Crippen LogP) is 0.509. The van der Waals surface area contributed by atoms with Gasteiger partial charge in [-0.15, -0.1) is 0 Å². The van der Waals surface area contributed by atoms with Gasteiger partial charge in [0.05, 0.1) is 5.60 Å². The SMILES string of the molecule is CNC1CC[C@](C)(O)C1. The highest BCUT2D eigenvalue weighted by Crippen LogP contribution is 2.28. The Labute approximate surface area is 56.3 Å². The van der Waals surface area contributed by atoms with Crippen LogP contribution in [-0.2, 0) is 0 Å². The quantitative estimate of drug-likeness (QED) is 0.540. The summed E-state index contributed by atoms with van der Waals surface area (Å²) in [5.74, 6) is 0. The fourth-order valence-corrected chi connectivity index (χ4v) is 1.47. The van der Waals surface area contributed by atoms with Gasteiger partial charge in [0, 0.05) is 6.04 Å². The molecule has 1 saturated carbocycles. The fraction of sp³-hybridized carbons (Fsp3) is 1.00. The molecule has 2 atom stereocenters. The summed E-state index contributed by atoms with van der Waals surface area (Å²) >= 11 is 0. The molecule has 0 aromatic heterocycles. The zero-order valence-electron chi connectivity index (χ0n) is 6.15. The van der Waals surface area contributed by atoms with Crippen molar-refractivity contribution in [3.05, 3.63) is 0 Å². The number of aliphatic hydroxyl groups is 1. The standard InChI is InChI=1S/C7H15NO/c1-7(9)4-3-6(5-7)8-2/h6,8-9H,3-5H2,1-2H3/t6?,7-/m0/s1. The summed E-state index contributed by atoms with van der Waals surface area (Å²) in [5, 5.41) is 12.6. The molecule has 1 aliphatic carbocycles. The first-order valence-corrected chi connectivity index (χ1v) is 3.54. The van der Waals surface area contributed by atoms with E-state index in [2.05, 4.69) is 5.32 Å². The Kier molecular flexibility index (Phi) is 1.78. The van der Waals surface area contributed by atoms with Crippen molar-refractivity contribution in [1.82, 2.24) is 5.32 Å². The van der Waals surface area contributed by atoms with Crippen molar-refractivity contribution >= 4 is 0 Å². The molecular weight excluding hydrogens is 114 g/mol. The molecular formula is C7H15NO. The molecule has 0 bridgehead atoms. The van der Waals surface area contributed by atoms with E-state index in [0.717, 1.165) is 19.3 Å². The second kappa shape index (κ2) is 2.27. The number of hydrogen-bond acceptors (Lipinski definition) is 2. The van der Waals surface area contributed by atoms with E-state index in [1.807, 2.05) is 14.0 Å². The van der Waals surface area contributed by atoms with Crippen LogP contribution in [0.3, 0.4) is 0 Å². The van der Waals surface area contributed by atoms with Crippen LogP contribution in [0.2, 0.25) is 0 Å². The van der Waals surface area contributed by atoms with Gasteiger partial charge in [0.25, 0.3) is 0 Å². The van der Waals surface area contributed by atoms with Gasteiger partial charge in [-0.2, -0.15) is 0 Å². The fourth-order valence-electron chi connectivity index (χ4n) is 1.47. The smallest absolute Gasteiger partial charge is 0.0635 e. The Hall–Kier alpha value is -0.0800. The lowest BCUT2D eigenvalue weighted by Gasteiger charge is -2.15. The lowest BCUT2D eigenvalue weighted by molar-refractivity contribution is 0.0657. The minimum Gasteiger partial charge on any atom is -0.390 e. The van der Waals surface area contributed by atoms with Crippen LogP contribution in [0.15, 0.2) is 0 Å². The molecule has 2 nitrogen and oxygen atoms in total. The number of rotatable bonds is 1. The number of hydrogen-bond donors (Lipinski definition) is 2. The summed E-state index contributed by atoms with van der Waals surface area (Å²) in [6, 6.07) is 0.542. The summed E-state index contributed by atoms with van der Waals surface area (Å²) in [5.41, 5.74) is -0.395. The molecule has 9 heavy (non-hydrogen) atoms. The maximum absolute atomic E-state index is 9.46. The molecule has 2 N–H and O–H groups in total.